The normalized spacial score (nSPS) is 23.8. The van der Waals surface area contributed by atoms with Crippen molar-refractivity contribution >= 4 is 11.6 Å². The van der Waals surface area contributed by atoms with Crippen LogP contribution in [0.1, 0.15) is 37.8 Å². The lowest BCUT2D eigenvalue weighted by molar-refractivity contribution is -0.137. The zero-order valence-electron chi connectivity index (χ0n) is 15.7. The third-order valence-corrected chi connectivity index (χ3v) is 5.12. The van der Waals surface area contributed by atoms with Gasteiger partial charge in [0, 0.05) is 19.5 Å². The van der Waals surface area contributed by atoms with E-state index in [0.29, 0.717) is 31.3 Å². The fourth-order valence-electron chi connectivity index (χ4n) is 3.58. The molecule has 2 unspecified atom stereocenters. The van der Waals surface area contributed by atoms with Crippen LogP contribution in [-0.4, -0.2) is 53.9 Å². The maximum atomic E-state index is 13.1. The Hall–Kier alpha value is -2.38. The molecule has 0 radical (unpaired) electrons. The summed E-state index contributed by atoms with van der Waals surface area (Å²) in [6, 6.07) is 7.16. The highest BCUT2D eigenvalue weighted by atomic mass is 16.5. The first kappa shape index (κ1) is 18.0. The fourth-order valence-corrected chi connectivity index (χ4v) is 3.58. The lowest BCUT2D eigenvalue weighted by Gasteiger charge is -2.35. The molecule has 0 aromatic carbocycles. The second-order valence-electron chi connectivity index (χ2n) is 7.39. The first-order valence-electron chi connectivity index (χ1n) is 9.42. The van der Waals surface area contributed by atoms with Crippen molar-refractivity contribution in [3.05, 3.63) is 48.3 Å². The first-order valence-corrected chi connectivity index (χ1v) is 9.42. The highest BCUT2D eigenvalue weighted by Crippen LogP contribution is 2.33. The number of hydrogen-bond donors (Lipinski definition) is 0. The van der Waals surface area contributed by atoms with Crippen LogP contribution in [0.3, 0.4) is 0 Å². The van der Waals surface area contributed by atoms with Gasteiger partial charge in [0.2, 0.25) is 0 Å². The van der Waals surface area contributed by atoms with Crippen molar-refractivity contribution in [2.75, 3.05) is 26.2 Å². The average Bonchev–Trinajstić information content (AvgIpc) is 3.41. The predicted molar refractivity (Wildman–Crippen MR) is 99.2 cm³/mol. The van der Waals surface area contributed by atoms with Gasteiger partial charge in [-0.1, -0.05) is 13.8 Å². The predicted octanol–water partition coefficient (Wildman–Crippen LogP) is 2.91. The van der Waals surface area contributed by atoms with E-state index in [4.69, 9.17) is 13.6 Å². The average molecular weight is 371 g/mol. The summed E-state index contributed by atoms with van der Waals surface area (Å²) in [7, 11) is 0. The van der Waals surface area contributed by atoms with Crippen molar-refractivity contribution < 1.29 is 18.4 Å². The van der Waals surface area contributed by atoms with Gasteiger partial charge in [0.25, 0.3) is 5.91 Å². The molecule has 0 N–H and O–H groups in total. The number of carbonyl (C=O) groups excluding carboxylic acids is 1. The summed E-state index contributed by atoms with van der Waals surface area (Å²) >= 11 is 0. The van der Waals surface area contributed by atoms with Gasteiger partial charge < -0.3 is 13.6 Å². The van der Waals surface area contributed by atoms with E-state index in [-0.39, 0.29) is 18.1 Å². The lowest BCUT2D eigenvalue weighted by Crippen LogP contribution is -2.48. The maximum Gasteiger partial charge on any atom is 0.257 e. The van der Waals surface area contributed by atoms with Gasteiger partial charge in [-0.25, -0.2) is 5.01 Å². The summed E-state index contributed by atoms with van der Waals surface area (Å²) in [5.41, 5.74) is 0.761. The number of furan rings is 2. The number of nitrogens with zero attached hydrogens (tertiary/aromatic N) is 3. The standard InChI is InChI=1S/C20H25N3O4/c1-14(2)19-12-22(7-10-27-19)13-20(24)23-16(18-6-4-9-26-18)11-15(21-23)17-5-3-8-25-17/h3-6,8-9,14,16,19H,7,10-13H2,1-2H3. The van der Waals surface area contributed by atoms with E-state index in [1.54, 1.807) is 17.5 Å². The van der Waals surface area contributed by atoms with Crippen molar-refractivity contribution in [2.24, 2.45) is 11.0 Å². The Bertz CT molecular complexity index is 782. The van der Waals surface area contributed by atoms with Crippen LogP contribution in [0.15, 0.2) is 50.7 Å². The molecule has 7 heteroatoms. The van der Waals surface area contributed by atoms with Crippen LogP contribution in [0.4, 0.5) is 0 Å². The van der Waals surface area contributed by atoms with Gasteiger partial charge in [-0.2, -0.15) is 5.10 Å². The highest BCUT2D eigenvalue weighted by molar-refractivity contribution is 6.01. The number of hydrazone groups is 1. The maximum absolute atomic E-state index is 13.1. The molecular formula is C20H25N3O4. The minimum Gasteiger partial charge on any atom is -0.467 e. The minimum atomic E-state index is -0.241. The quantitative estimate of drug-likeness (QED) is 0.808. The fraction of sp³-hybridized carbons (Fsp3) is 0.500. The molecule has 4 heterocycles. The molecule has 0 bridgehead atoms. The molecule has 27 heavy (non-hydrogen) atoms. The summed E-state index contributed by atoms with van der Waals surface area (Å²) in [5.74, 6) is 1.81. The smallest absolute Gasteiger partial charge is 0.257 e. The van der Waals surface area contributed by atoms with Gasteiger partial charge in [0.05, 0.1) is 31.8 Å². The van der Waals surface area contributed by atoms with E-state index in [1.165, 1.54) is 0 Å². The number of rotatable bonds is 5. The van der Waals surface area contributed by atoms with Gasteiger partial charge in [-0.15, -0.1) is 0 Å². The summed E-state index contributed by atoms with van der Waals surface area (Å²) in [5, 5.41) is 6.13. The van der Waals surface area contributed by atoms with Crippen LogP contribution in [0.5, 0.6) is 0 Å². The highest BCUT2D eigenvalue weighted by Gasteiger charge is 2.36. The van der Waals surface area contributed by atoms with E-state index < -0.39 is 0 Å². The monoisotopic (exact) mass is 371 g/mol. The Labute approximate surface area is 158 Å². The van der Waals surface area contributed by atoms with Gasteiger partial charge in [-0.05, 0) is 30.2 Å². The molecule has 2 atom stereocenters. The van der Waals surface area contributed by atoms with Crippen LogP contribution in [0.25, 0.3) is 0 Å². The van der Waals surface area contributed by atoms with Gasteiger partial charge in [0.1, 0.15) is 23.3 Å². The molecule has 144 valence electrons. The number of carbonyl (C=O) groups is 1. The summed E-state index contributed by atoms with van der Waals surface area (Å²) < 4.78 is 16.8. The van der Waals surface area contributed by atoms with Crippen LogP contribution in [0, 0.1) is 5.92 Å². The Kier molecular flexibility index (Phi) is 5.13. The molecule has 2 aromatic rings. The van der Waals surface area contributed by atoms with Gasteiger partial charge in [0.15, 0.2) is 0 Å². The summed E-state index contributed by atoms with van der Waals surface area (Å²) in [6.45, 7) is 6.77. The van der Waals surface area contributed by atoms with Crippen LogP contribution in [-0.2, 0) is 9.53 Å². The first-order chi connectivity index (χ1) is 13.1. The van der Waals surface area contributed by atoms with Crippen LogP contribution < -0.4 is 0 Å². The van der Waals surface area contributed by atoms with Gasteiger partial charge in [-0.3, -0.25) is 9.69 Å². The minimum absolute atomic E-state index is 0.0395. The number of hydrogen-bond acceptors (Lipinski definition) is 6. The van der Waals surface area contributed by atoms with Gasteiger partial charge >= 0.3 is 0 Å². The number of amides is 1. The topological polar surface area (TPSA) is 71.4 Å². The largest absolute Gasteiger partial charge is 0.467 e. The summed E-state index contributed by atoms with van der Waals surface area (Å²) in [6.07, 6.45) is 3.97. The molecule has 0 saturated carbocycles. The Morgan fingerprint density at radius 1 is 1.26 bits per heavy atom. The SMILES string of the molecule is CC(C)C1CN(CC(=O)N2N=C(c3ccco3)CC2c2ccco2)CCO1. The molecule has 2 aromatic heterocycles. The third kappa shape index (κ3) is 3.84. The van der Waals surface area contributed by atoms with E-state index >= 15 is 0 Å². The van der Waals surface area contributed by atoms with Crippen molar-refractivity contribution in [2.45, 2.75) is 32.4 Å². The van der Waals surface area contributed by atoms with E-state index in [9.17, 15) is 4.79 Å². The molecule has 0 aliphatic carbocycles. The molecule has 4 rings (SSSR count). The Balaban J connectivity index is 1.50. The zero-order valence-corrected chi connectivity index (χ0v) is 15.7. The molecular weight excluding hydrogens is 346 g/mol. The molecule has 1 amide bonds. The van der Waals surface area contributed by atoms with E-state index in [1.807, 2.05) is 24.3 Å². The third-order valence-electron chi connectivity index (χ3n) is 5.12. The van der Waals surface area contributed by atoms with Crippen molar-refractivity contribution in [1.82, 2.24) is 9.91 Å². The second kappa shape index (κ2) is 7.70. The second-order valence-corrected chi connectivity index (χ2v) is 7.39. The van der Waals surface area contributed by atoms with Crippen molar-refractivity contribution in [1.29, 1.82) is 0 Å². The molecule has 2 aliphatic rings. The van der Waals surface area contributed by atoms with Crippen molar-refractivity contribution in [3.63, 3.8) is 0 Å². The zero-order chi connectivity index (χ0) is 18.8. The van der Waals surface area contributed by atoms with Crippen molar-refractivity contribution in [3.8, 4) is 0 Å². The summed E-state index contributed by atoms with van der Waals surface area (Å²) in [4.78, 5) is 15.2. The molecule has 0 spiro atoms. The lowest BCUT2D eigenvalue weighted by atomic mass is 10.1. The van der Waals surface area contributed by atoms with Crippen LogP contribution >= 0.6 is 0 Å². The van der Waals surface area contributed by atoms with Crippen LogP contribution in [0.2, 0.25) is 0 Å². The van der Waals surface area contributed by atoms with E-state index in [2.05, 4.69) is 23.8 Å². The molecule has 1 saturated heterocycles. The Morgan fingerprint density at radius 2 is 2.07 bits per heavy atom. The number of morpholine rings is 1. The molecule has 2 aliphatic heterocycles. The number of ether oxygens (including phenoxy) is 1. The van der Waals surface area contributed by atoms with E-state index in [0.717, 1.165) is 24.6 Å². The molecule has 7 nitrogen and oxygen atoms in total. The molecule has 1 fully saturated rings. The Morgan fingerprint density at radius 3 is 2.78 bits per heavy atom.